The standard InChI is InChI=1S/C15H20N2/c1-14(2)10-6-7-15(14,3)11-8-12(9-4-5-9)16-17-13(10)11/h8-10H,4-7H2,1-3H3/t10-,15+/m1/s1. The summed E-state index contributed by atoms with van der Waals surface area (Å²) in [5, 5.41) is 9.07. The van der Waals surface area contributed by atoms with E-state index < -0.39 is 0 Å². The molecule has 1 aromatic rings. The molecule has 1 heterocycles. The topological polar surface area (TPSA) is 25.8 Å². The third-order valence-electron chi connectivity index (χ3n) is 5.99. The second-order valence-electron chi connectivity index (χ2n) is 6.99. The molecule has 0 aromatic carbocycles. The Bertz CT molecular complexity index is 502. The number of nitrogens with zero attached hydrogens (tertiary/aromatic N) is 2. The third kappa shape index (κ3) is 1.03. The number of rotatable bonds is 1. The van der Waals surface area contributed by atoms with Gasteiger partial charge in [0, 0.05) is 17.3 Å². The van der Waals surface area contributed by atoms with Crippen molar-refractivity contribution in [3.63, 3.8) is 0 Å². The summed E-state index contributed by atoms with van der Waals surface area (Å²) in [4.78, 5) is 0. The summed E-state index contributed by atoms with van der Waals surface area (Å²) >= 11 is 0. The lowest BCUT2D eigenvalue weighted by Gasteiger charge is -2.35. The number of hydrogen-bond acceptors (Lipinski definition) is 2. The van der Waals surface area contributed by atoms with E-state index in [9.17, 15) is 0 Å². The van der Waals surface area contributed by atoms with Crippen LogP contribution < -0.4 is 0 Å². The molecule has 2 fully saturated rings. The lowest BCUT2D eigenvalue weighted by Crippen LogP contribution is -2.31. The highest BCUT2D eigenvalue weighted by atomic mass is 15.1. The predicted molar refractivity (Wildman–Crippen MR) is 67.1 cm³/mol. The van der Waals surface area contributed by atoms with E-state index in [4.69, 9.17) is 0 Å². The van der Waals surface area contributed by atoms with Crippen molar-refractivity contribution in [1.29, 1.82) is 0 Å². The molecule has 0 N–H and O–H groups in total. The zero-order valence-electron chi connectivity index (χ0n) is 11.0. The molecule has 2 nitrogen and oxygen atoms in total. The quantitative estimate of drug-likeness (QED) is 0.735. The lowest BCUT2D eigenvalue weighted by atomic mass is 9.68. The van der Waals surface area contributed by atoms with Gasteiger partial charge in [-0.25, -0.2) is 0 Å². The van der Waals surface area contributed by atoms with Gasteiger partial charge in [0.05, 0.1) is 11.4 Å². The van der Waals surface area contributed by atoms with Gasteiger partial charge in [0.15, 0.2) is 0 Å². The van der Waals surface area contributed by atoms with Crippen molar-refractivity contribution in [3.05, 3.63) is 23.0 Å². The Morgan fingerprint density at radius 1 is 1.12 bits per heavy atom. The van der Waals surface area contributed by atoms with E-state index in [0.717, 1.165) is 5.92 Å². The molecule has 0 unspecified atom stereocenters. The number of aromatic nitrogens is 2. The molecule has 0 spiro atoms. The molecule has 2 heteroatoms. The average molecular weight is 228 g/mol. The summed E-state index contributed by atoms with van der Waals surface area (Å²) in [5.74, 6) is 1.36. The number of hydrogen-bond donors (Lipinski definition) is 0. The summed E-state index contributed by atoms with van der Waals surface area (Å²) in [5.41, 5.74) is 4.80. The second-order valence-corrected chi connectivity index (χ2v) is 6.99. The highest BCUT2D eigenvalue weighted by Gasteiger charge is 2.60. The van der Waals surface area contributed by atoms with E-state index in [0.29, 0.717) is 16.7 Å². The van der Waals surface area contributed by atoms with Crippen LogP contribution in [0, 0.1) is 5.41 Å². The second kappa shape index (κ2) is 2.73. The molecule has 17 heavy (non-hydrogen) atoms. The molecule has 2 atom stereocenters. The third-order valence-corrected chi connectivity index (χ3v) is 5.99. The molecular formula is C15H20N2. The SMILES string of the molecule is CC1(C)[C@@H]2CC[C@@]1(C)c1cc(C3CC3)nnc12. The first-order chi connectivity index (χ1) is 8.04. The van der Waals surface area contributed by atoms with Crippen LogP contribution >= 0.6 is 0 Å². The van der Waals surface area contributed by atoms with Crippen LogP contribution in [0.3, 0.4) is 0 Å². The van der Waals surface area contributed by atoms with Crippen molar-refractivity contribution in [2.45, 2.75) is 63.7 Å². The van der Waals surface area contributed by atoms with E-state index in [-0.39, 0.29) is 0 Å². The minimum atomic E-state index is 0.340. The van der Waals surface area contributed by atoms with Crippen molar-refractivity contribution in [1.82, 2.24) is 10.2 Å². The van der Waals surface area contributed by atoms with E-state index in [1.54, 1.807) is 0 Å². The van der Waals surface area contributed by atoms with Gasteiger partial charge in [-0.1, -0.05) is 20.8 Å². The van der Waals surface area contributed by atoms with Gasteiger partial charge in [0.1, 0.15) is 0 Å². The van der Waals surface area contributed by atoms with E-state index in [1.165, 1.54) is 42.6 Å². The van der Waals surface area contributed by atoms with Crippen molar-refractivity contribution in [3.8, 4) is 0 Å². The minimum Gasteiger partial charge on any atom is -0.155 e. The molecule has 90 valence electrons. The Labute approximate surface area is 103 Å². The Morgan fingerprint density at radius 3 is 2.59 bits per heavy atom. The van der Waals surface area contributed by atoms with Gasteiger partial charge in [-0.2, -0.15) is 10.2 Å². The van der Waals surface area contributed by atoms with Crippen LogP contribution in [-0.4, -0.2) is 10.2 Å². The maximum atomic E-state index is 4.59. The highest BCUT2D eigenvalue weighted by molar-refractivity contribution is 5.46. The van der Waals surface area contributed by atoms with Crippen LogP contribution in [0.25, 0.3) is 0 Å². The molecule has 3 aliphatic rings. The fraction of sp³-hybridized carbons (Fsp3) is 0.733. The number of fused-ring (bicyclic) bond motifs is 5. The van der Waals surface area contributed by atoms with Crippen LogP contribution in [-0.2, 0) is 5.41 Å². The van der Waals surface area contributed by atoms with Crippen LogP contribution in [0.1, 0.15) is 75.2 Å². The Hall–Kier alpha value is -0.920. The molecule has 0 amide bonds. The van der Waals surface area contributed by atoms with E-state index in [2.05, 4.69) is 37.0 Å². The van der Waals surface area contributed by atoms with Crippen LogP contribution in [0.2, 0.25) is 0 Å². The molecule has 0 aliphatic heterocycles. The van der Waals surface area contributed by atoms with Gasteiger partial charge >= 0.3 is 0 Å². The summed E-state index contributed by atoms with van der Waals surface area (Å²) in [7, 11) is 0. The zero-order chi connectivity index (χ0) is 11.8. The van der Waals surface area contributed by atoms with Gasteiger partial charge in [-0.15, -0.1) is 0 Å². The van der Waals surface area contributed by atoms with Gasteiger partial charge < -0.3 is 0 Å². The van der Waals surface area contributed by atoms with Crippen LogP contribution in [0.15, 0.2) is 6.07 Å². The first kappa shape index (κ1) is 10.0. The Kier molecular flexibility index (Phi) is 1.61. The molecule has 2 saturated carbocycles. The predicted octanol–water partition coefficient (Wildman–Crippen LogP) is 3.53. The molecule has 4 rings (SSSR count). The Balaban J connectivity index is 1.91. The monoisotopic (exact) mass is 228 g/mol. The fourth-order valence-corrected chi connectivity index (χ4v) is 4.15. The summed E-state index contributed by atoms with van der Waals surface area (Å²) < 4.78 is 0. The van der Waals surface area contributed by atoms with Crippen LogP contribution in [0.5, 0.6) is 0 Å². The van der Waals surface area contributed by atoms with Gasteiger partial charge in [-0.05, 0) is 42.7 Å². The molecular weight excluding hydrogens is 208 g/mol. The highest BCUT2D eigenvalue weighted by Crippen LogP contribution is 2.67. The smallest absolute Gasteiger partial charge is 0.0705 e. The van der Waals surface area contributed by atoms with Crippen molar-refractivity contribution in [2.75, 3.05) is 0 Å². The summed E-state index contributed by atoms with van der Waals surface area (Å²) in [6, 6.07) is 2.39. The zero-order valence-corrected chi connectivity index (χ0v) is 11.0. The normalized spacial score (nSPS) is 37.2. The summed E-state index contributed by atoms with van der Waals surface area (Å²) in [6.07, 6.45) is 5.26. The fourth-order valence-electron chi connectivity index (χ4n) is 4.15. The largest absolute Gasteiger partial charge is 0.155 e. The summed E-state index contributed by atoms with van der Waals surface area (Å²) in [6.45, 7) is 7.28. The Morgan fingerprint density at radius 2 is 1.88 bits per heavy atom. The van der Waals surface area contributed by atoms with Crippen molar-refractivity contribution < 1.29 is 0 Å². The maximum absolute atomic E-state index is 4.59. The lowest BCUT2D eigenvalue weighted by molar-refractivity contribution is 0.230. The minimum absolute atomic E-state index is 0.340. The molecule has 3 aliphatic carbocycles. The molecule has 1 aromatic heterocycles. The maximum Gasteiger partial charge on any atom is 0.0705 e. The van der Waals surface area contributed by atoms with E-state index in [1.807, 2.05) is 0 Å². The van der Waals surface area contributed by atoms with Gasteiger partial charge in [-0.3, -0.25) is 0 Å². The molecule has 0 radical (unpaired) electrons. The molecule has 0 saturated heterocycles. The van der Waals surface area contributed by atoms with E-state index >= 15 is 0 Å². The van der Waals surface area contributed by atoms with Crippen LogP contribution in [0.4, 0.5) is 0 Å². The first-order valence-electron chi connectivity index (χ1n) is 6.92. The average Bonchev–Trinajstić information content (AvgIpc) is 3.07. The van der Waals surface area contributed by atoms with Gasteiger partial charge in [0.2, 0.25) is 0 Å². The van der Waals surface area contributed by atoms with Crippen molar-refractivity contribution in [2.24, 2.45) is 5.41 Å². The van der Waals surface area contributed by atoms with Gasteiger partial charge in [0.25, 0.3) is 0 Å². The first-order valence-corrected chi connectivity index (χ1v) is 6.92. The molecule has 2 bridgehead atoms. The van der Waals surface area contributed by atoms with Crippen molar-refractivity contribution >= 4 is 0 Å².